The summed E-state index contributed by atoms with van der Waals surface area (Å²) in [5, 5.41) is 0. The minimum Gasteiger partial charge on any atom is -0.381 e. The Morgan fingerprint density at radius 3 is 2.94 bits per heavy atom. The van der Waals surface area contributed by atoms with Gasteiger partial charge in [0.1, 0.15) is 0 Å². The Hall–Kier alpha value is -1.19. The van der Waals surface area contributed by atoms with Gasteiger partial charge in [-0.25, -0.2) is 0 Å². The molecule has 92 valence electrons. The highest BCUT2D eigenvalue weighted by Crippen LogP contribution is 2.16. The molecule has 0 amide bonds. The minimum atomic E-state index is 0.613. The van der Waals surface area contributed by atoms with E-state index in [4.69, 9.17) is 4.74 Å². The van der Waals surface area contributed by atoms with E-state index in [-0.39, 0.29) is 0 Å². The van der Waals surface area contributed by atoms with Crippen LogP contribution in [0.1, 0.15) is 18.4 Å². The monoisotopic (exact) mass is 232 g/mol. The lowest BCUT2D eigenvalue weighted by Crippen LogP contribution is -2.39. The van der Waals surface area contributed by atoms with E-state index in [1.807, 2.05) is 24.5 Å². The Morgan fingerprint density at radius 2 is 2.29 bits per heavy atom. The topological polar surface area (TPSA) is 25.4 Å². The van der Waals surface area contributed by atoms with E-state index in [9.17, 15) is 0 Å². The normalized spacial score (nSPS) is 17.2. The van der Waals surface area contributed by atoms with Crippen LogP contribution in [0, 0.1) is 0 Å². The standard InChI is InChI=1S/C14H20N2O/c1-2-8-16(14-5-9-17-10-6-14)12-13-4-3-7-15-11-13/h2-4,7,11,14H,1,5-6,8-10,12H2. The number of pyridine rings is 1. The van der Waals surface area contributed by atoms with Crippen molar-refractivity contribution in [2.45, 2.75) is 25.4 Å². The predicted octanol–water partition coefficient (Wildman–Crippen LogP) is 2.25. The first-order valence-electron chi connectivity index (χ1n) is 6.21. The summed E-state index contributed by atoms with van der Waals surface area (Å²) in [5.41, 5.74) is 1.26. The molecule has 1 aromatic heterocycles. The smallest absolute Gasteiger partial charge is 0.0480 e. The fourth-order valence-corrected chi connectivity index (χ4v) is 2.28. The van der Waals surface area contributed by atoms with Crippen LogP contribution in [0.3, 0.4) is 0 Å². The van der Waals surface area contributed by atoms with E-state index in [1.54, 1.807) is 0 Å². The summed E-state index contributed by atoms with van der Waals surface area (Å²) in [6.45, 7) is 7.49. The van der Waals surface area contributed by atoms with Crippen molar-refractivity contribution in [3.63, 3.8) is 0 Å². The van der Waals surface area contributed by atoms with Crippen LogP contribution in [0.2, 0.25) is 0 Å². The summed E-state index contributed by atoms with van der Waals surface area (Å²) >= 11 is 0. The van der Waals surface area contributed by atoms with E-state index in [0.29, 0.717) is 6.04 Å². The molecule has 1 aliphatic rings. The lowest BCUT2D eigenvalue weighted by Gasteiger charge is -2.33. The van der Waals surface area contributed by atoms with Crippen molar-refractivity contribution < 1.29 is 4.74 Å². The second kappa shape index (κ2) is 6.52. The van der Waals surface area contributed by atoms with Gasteiger partial charge in [-0.05, 0) is 24.5 Å². The van der Waals surface area contributed by atoms with Gasteiger partial charge in [0.15, 0.2) is 0 Å². The lowest BCUT2D eigenvalue weighted by atomic mass is 10.1. The van der Waals surface area contributed by atoms with Gasteiger partial charge >= 0.3 is 0 Å². The Bertz CT molecular complexity index is 333. The molecule has 3 nitrogen and oxygen atoms in total. The molecule has 1 saturated heterocycles. The van der Waals surface area contributed by atoms with Crippen molar-refractivity contribution in [2.24, 2.45) is 0 Å². The molecule has 0 radical (unpaired) electrons. The number of nitrogens with zero attached hydrogens (tertiary/aromatic N) is 2. The summed E-state index contributed by atoms with van der Waals surface area (Å²) in [7, 11) is 0. The number of rotatable bonds is 5. The van der Waals surface area contributed by atoms with Gasteiger partial charge in [0.25, 0.3) is 0 Å². The Morgan fingerprint density at radius 1 is 1.47 bits per heavy atom. The maximum Gasteiger partial charge on any atom is 0.0480 e. The van der Waals surface area contributed by atoms with Gasteiger partial charge in [0.05, 0.1) is 0 Å². The number of hydrogen-bond acceptors (Lipinski definition) is 3. The van der Waals surface area contributed by atoms with Crippen LogP contribution in [-0.4, -0.2) is 35.7 Å². The molecule has 0 atom stereocenters. The maximum absolute atomic E-state index is 5.41. The zero-order chi connectivity index (χ0) is 11.9. The maximum atomic E-state index is 5.41. The van der Waals surface area contributed by atoms with Gasteiger partial charge in [-0.1, -0.05) is 12.1 Å². The van der Waals surface area contributed by atoms with Gasteiger partial charge in [-0.2, -0.15) is 0 Å². The lowest BCUT2D eigenvalue weighted by molar-refractivity contribution is 0.0353. The van der Waals surface area contributed by atoms with Gasteiger partial charge in [0.2, 0.25) is 0 Å². The fraction of sp³-hybridized carbons (Fsp3) is 0.500. The van der Waals surface area contributed by atoms with Crippen molar-refractivity contribution in [3.05, 3.63) is 42.7 Å². The van der Waals surface area contributed by atoms with Crippen molar-refractivity contribution >= 4 is 0 Å². The van der Waals surface area contributed by atoms with Crippen LogP contribution in [0.15, 0.2) is 37.2 Å². The molecule has 1 aromatic rings. The molecule has 0 spiro atoms. The van der Waals surface area contributed by atoms with Crippen LogP contribution in [-0.2, 0) is 11.3 Å². The molecule has 1 aliphatic heterocycles. The van der Waals surface area contributed by atoms with Gasteiger partial charge < -0.3 is 4.74 Å². The third kappa shape index (κ3) is 3.65. The number of hydrogen-bond donors (Lipinski definition) is 0. The van der Waals surface area contributed by atoms with Crippen LogP contribution in [0.4, 0.5) is 0 Å². The largest absolute Gasteiger partial charge is 0.381 e. The fourth-order valence-electron chi connectivity index (χ4n) is 2.28. The first kappa shape index (κ1) is 12.3. The Labute approximate surface area is 103 Å². The van der Waals surface area contributed by atoms with E-state index < -0.39 is 0 Å². The van der Waals surface area contributed by atoms with Crippen molar-refractivity contribution in [3.8, 4) is 0 Å². The average Bonchev–Trinajstić information content (AvgIpc) is 2.40. The van der Waals surface area contributed by atoms with Crippen molar-refractivity contribution in [1.82, 2.24) is 9.88 Å². The molecule has 0 N–H and O–H groups in total. The molecule has 17 heavy (non-hydrogen) atoms. The van der Waals surface area contributed by atoms with Crippen LogP contribution in [0.5, 0.6) is 0 Å². The highest BCUT2D eigenvalue weighted by molar-refractivity contribution is 5.08. The summed E-state index contributed by atoms with van der Waals surface area (Å²) in [4.78, 5) is 6.63. The van der Waals surface area contributed by atoms with Crippen LogP contribution < -0.4 is 0 Å². The summed E-state index contributed by atoms with van der Waals surface area (Å²) in [6, 6.07) is 4.73. The van der Waals surface area contributed by atoms with Crippen molar-refractivity contribution in [1.29, 1.82) is 0 Å². The highest BCUT2D eigenvalue weighted by atomic mass is 16.5. The Kier molecular flexibility index (Phi) is 4.71. The number of ether oxygens (including phenoxy) is 1. The molecule has 0 saturated carbocycles. The van der Waals surface area contributed by atoms with Gasteiger partial charge in [-0.3, -0.25) is 9.88 Å². The zero-order valence-electron chi connectivity index (χ0n) is 10.2. The average molecular weight is 232 g/mol. The molecule has 2 heterocycles. The molecule has 1 fully saturated rings. The third-order valence-electron chi connectivity index (χ3n) is 3.18. The summed E-state index contributed by atoms with van der Waals surface area (Å²) < 4.78 is 5.41. The molecular formula is C14H20N2O. The molecule has 0 aliphatic carbocycles. The molecule has 2 rings (SSSR count). The SMILES string of the molecule is C=CCN(Cc1cccnc1)C1CCOCC1. The Balaban J connectivity index is 1.98. The molecule has 0 unspecified atom stereocenters. The van der Waals surface area contributed by atoms with E-state index >= 15 is 0 Å². The van der Waals surface area contributed by atoms with Crippen molar-refractivity contribution in [2.75, 3.05) is 19.8 Å². The summed E-state index contributed by atoms with van der Waals surface area (Å²) in [5.74, 6) is 0. The predicted molar refractivity (Wildman–Crippen MR) is 68.7 cm³/mol. The second-order valence-electron chi connectivity index (χ2n) is 4.42. The first-order valence-corrected chi connectivity index (χ1v) is 6.21. The molecular weight excluding hydrogens is 212 g/mol. The van der Waals surface area contributed by atoms with E-state index in [0.717, 1.165) is 39.1 Å². The van der Waals surface area contributed by atoms with Crippen LogP contribution >= 0.6 is 0 Å². The van der Waals surface area contributed by atoms with Gasteiger partial charge in [0, 0.05) is 44.7 Å². The van der Waals surface area contributed by atoms with Gasteiger partial charge in [-0.15, -0.1) is 6.58 Å². The number of aromatic nitrogens is 1. The van der Waals surface area contributed by atoms with E-state index in [2.05, 4.69) is 22.5 Å². The molecule has 0 aromatic carbocycles. The van der Waals surface area contributed by atoms with Crippen LogP contribution in [0.25, 0.3) is 0 Å². The highest BCUT2D eigenvalue weighted by Gasteiger charge is 2.20. The molecule has 0 bridgehead atoms. The van der Waals surface area contributed by atoms with E-state index in [1.165, 1.54) is 5.56 Å². The third-order valence-corrected chi connectivity index (χ3v) is 3.18. The zero-order valence-corrected chi connectivity index (χ0v) is 10.2. The minimum absolute atomic E-state index is 0.613. The summed E-state index contributed by atoms with van der Waals surface area (Å²) in [6.07, 6.45) is 7.97. The first-order chi connectivity index (χ1) is 8.40. The molecule has 3 heteroatoms. The second-order valence-corrected chi connectivity index (χ2v) is 4.42. The quantitative estimate of drug-likeness (QED) is 0.728.